The normalized spacial score (nSPS) is 9.33. The standard InChI is InChI=1S/C10H10O2/c1-8(7-11)6-9-2-4-10(12)5-3-9/h2-5,7,12H,1,6H2. The van der Waals surface area contributed by atoms with Crippen LogP contribution in [0.25, 0.3) is 0 Å². The largest absolute Gasteiger partial charge is 0.508 e. The van der Waals surface area contributed by atoms with Crippen molar-refractivity contribution in [2.45, 2.75) is 6.42 Å². The van der Waals surface area contributed by atoms with Crippen molar-refractivity contribution >= 4 is 6.29 Å². The highest BCUT2D eigenvalue weighted by atomic mass is 16.3. The van der Waals surface area contributed by atoms with E-state index in [2.05, 4.69) is 6.58 Å². The molecule has 0 bridgehead atoms. The Morgan fingerprint density at radius 1 is 1.42 bits per heavy atom. The van der Waals surface area contributed by atoms with Crippen LogP contribution in [0.5, 0.6) is 5.75 Å². The summed E-state index contributed by atoms with van der Waals surface area (Å²) < 4.78 is 0. The van der Waals surface area contributed by atoms with Gasteiger partial charge in [-0.15, -0.1) is 0 Å². The van der Waals surface area contributed by atoms with Gasteiger partial charge < -0.3 is 5.11 Å². The third-order valence-corrected chi connectivity index (χ3v) is 1.53. The molecular formula is C10H10O2. The van der Waals surface area contributed by atoms with E-state index in [1.165, 1.54) is 0 Å². The number of benzene rings is 1. The van der Waals surface area contributed by atoms with Gasteiger partial charge >= 0.3 is 0 Å². The molecule has 0 fully saturated rings. The molecule has 1 aromatic carbocycles. The summed E-state index contributed by atoms with van der Waals surface area (Å²) >= 11 is 0. The molecule has 2 heteroatoms. The van der Waals surface area contributed by atoms with Gasteiger partial charge in [-0.25, -0.2) is 0 Å². The van der Waals surface area contributed by atoms with Crippen LogP contribution < -0.4 is 0 Å². The summed E-state index contributed by atoms with van der Waals surface area (Å²) in [4.78, 5) is 10.2. The number of aldehydes is 1. The number of carbonyl (C=O) groups excluding carboxylic acids is 1. The Hall–Kier alpha value is -1.57. The number of allylic oxidation sites excluding steroid dienone is 1. The lowest BCUT2D eigenvalue weighted by atomic mass is 10.1. The summed E-state index contributed by atoms with van der Waals surface area (Å²) in [6, 6.07) is 6.72. The fourth-order valence-electron chi connectivity index (χ4n) is 0.918. The second kappa shape index (κ2) is 3.72. The number of hydrogen-bond acceptors (Lipinski definition) is 2. The number of hydrogen-bond donors (Lipinski definition) is 1. The van der Waals surface area contributed by atoms with Crippen LogP contribution in [-0.2, 0) is 11.2 Å². The lowest BCUT2D eigenvalue weighted by Crippen LogP contribution is -1.88. The van der Waals surface area contributed by atoms with Crippen LogP contribution in [0.2, 0.25) is 0 Å². The van der Waals surface area contributed by atoms with Crippen molar-refractivity contribution in [1.82, 2.24) is 0 Å². The first-order valence-electron chi connectivity index (χ1n) is 3.63. The molecule has 62 valence electrons. The van der Waals surface area contributed by atoms with Crippen molar-refractivity contribution in [2.75, 3.05) is 0 Å². The van der Waals surface area contributed by atoms with Crippen LogP contribution in [0.4, 0.5) is 0 Å². The second-order valence-electron chi connectivity index (χ2n) is 2.62. The van der Waals surface area contributed by atoms with Gasteiger partial charge in [-0.3, -0.25) is 4.79 Å². The van der Waals surface area contributed by atoms with Crippen molar-refractivity contribution in [3.8, 4) is 5.75 Å². The number of phenols is 1. The van der Waals surface area contributed by atoms with Gasteiger partial charge in [0.1, 0.15) is 12.0 Å². The first-order valence-corrected chi connectivity index (χ1v) is 3.63. The van der Waals surface area contributed by atoms with Crippen LogP contribution in [-0.4, -0.2) is 11.4 Å². The van der Waals surface area contributed by atoms with E-state index in [0.717, 1.165) is 11.8 Å². The summed E-state index contributed by atoms with van der Waals surface area (Å²) in [5, 5.41) is 8.96. The van der Waals surface area contributed by atoms with E-state index < -0.39 is 0 Å². The highest BCUT2D eigenvalue weighted by molar-refractivity contribution is 5.72. The maximum absolute atomic E-state index is 10.2. The minimum absolute atomic E-state index is 0.232. The molecule has 0 aromatic heterocycles. The highest BCUT2D eigenvalue weighted by Crippen LogP contribution is 2.11. The third-order valence-electron chi connectivity index (χ3n) is 1.53. The molecule has 0 saturated carbocycles. The van der Waals surface area contributed by atoms with Crippen LogP contribution in [0, 0.1) is 0 Å². The number of rotatable bonds is 3. The van der Waals surface area contributed by atoms with E-state index in [0.29, 0.717) is 12.0 Å². The molecule has 0 unspecified atom stereocenters. The van der Waals surface area contributed by atoms with E-state index in [-0.39, 0.29) is 5.75 Å². The van der Waals surface area contributed by atoms with Gasteiger partial charge in [0.15, 0.2) is 0 Å². The SMILES string of the molecule is C=C(C=O)Cc1ccc(O)cc1. The molecule has 2 nitrogen and oxygen atoms in total. The van der Waals surface area contributed by atoms with Crippen molar-refractivity contribution in [2.24, 2.45) is 0 Å². The van der Waals surface area contributed by atoms with Gasteiger partial charge in [-0.05, 0) is 23.3 Å². The van der Waals surface area contributed by atoms with Gasteiger partial charge in [-0.1, -0.05) is 18.7 Å². The maximum atomic E-state index is 10.2. The zero-order chi connectivity index (χ0) is 8.97. The lowest BCUT2D eigenvalue weighted by molar-refractivity contribution is -0.104. The molecule has 0 aliphatic carbocycles. The smallest absolute Gasteiger partial charge is 0.145 e. The maximum Gasteiger partial charge on any atom is 0.145 e. The topological polar surface area (TPSA) is 37.3 Å². The van der Waals surface area contributed by atoms with Crippen LogP contribution in [0.3, 0.4) is 0 Å². The van der Waals surface area contributed by atoms with Crippen molar-refractivity contribution < 1.29 is 9.90 Å². The van der Waals surface area contributed by atoms with Crippen molar-refractivity contribution in [3.63, 3.8) is 0 Å². The summed E-state index contributed by atoms with van der Waals surface area (Å²) in [6.07, 6.45) is 1.29. The molecule has 12 heavy (non-hydrogen) atoms. The first-order chi connectivity index (χ1) is 5.72. The lowest BCUT2D eigenvalue weighted by Gasteiger charge is -1.98. The van der Waals surface area contributed by atoms with E-state index in [1.54, 1.807) is 24.3 Å². The fourth-order valence-corrected chi connectivity index (χ4v) is 0.918. The Balaban J connectivity index is 2.71. The molecule has 0 aliphatic rings. The van der Waals surface area contributed by atoms with Gasteiger partial charge in [0.2, 0.25) is 0 Å². The molecular weight excluding hydrogens is 152 g/mol. The Morgan fingerprint density at radius 2 is 2.00 bits per heavy atom. The molecule has 0 aliphatic heterocycles. The Labute approximate surface area is 71.2 Å². The molecule has 1 aromatic rings. The second-order valence-corrected chi connectivity index (χ2v) is 2.62. The van der Waals surface area contributed by atoms with Crippen LogP contribution in [0.1, 0.15) is 5.56 Å². The van der Waals surface area contributed by atoms with Gasteiger partial charge in [0.25, 0.3) is 0 Å². The third kappa shape index (κ3) is 2.23. The quantitative estimate of drug-likeness (QED) is 0.542. The van der Waals surface area contributed by atoms with E-state index >= 15 is 0 Å². The summed E-state index contributed by atoms with van der Waals surface area (Å²) in [5.41, 5.74) is 1.52. The molecule has 0 heterocycles. The van der Waals surface area contributed by atoms with Crippen LogP contribution in [0.15, 0.2) is 36.4 Å². The number of phenolic OH excluding ortho intramolecular Hbond substituents is 1. The van der Waals surface area contributed by atoms with Crippen molar-refractivity contribution in [1.29, 1.82) is 0 Å². The zero-order valence-corrected chi connectivity index (χ0v) is 6.66. The molecule has 0 radical (unpaired) electrons. The fraction of sp³-hybridized carbons (Fsp3) is 0.100. The predicted molar refractivity (Wildman–Crippen MR) is 47.0 cm³/mol. The van der Waals surface area contributed by atoms with E-state index in [1.807, 2.05) is 0 Å². The minimum atomic E-state index is 0.232. The first kappa shape index (κ1) is 8.53. The van der Waals surface area contributed by atoms with Gasteiger partial charge in [0.05, 0.1) is 0 Å². The predicted octanol–water partition coefficient (Wildman–Crippen LogP) is 1.69. The molecule has 0 spiro atoms. The average molecular weight is 162 g/mol. The van der Waals surface area contributed by atoms with Gasteiger partial charge in [0, 0.05) is 6.42 Å². The Morgan fingerprint density at radius 3 is 2.50 bits per heavy atom. The number of carbonyl (C=O) groups is 1. The van der Waals surface area contributed by atoms with Crippen LogP contribution >= 0.6 is 0 Å². The summed E-state index contributed by atoms with van der Waals surface area (Å²) in [7, 11) is 0. The summed E-state index contributed by atoms with van der Waals surface area (Å²) in [6.45, 7) is 3.56. The summed E-state index contributed by atoms with van der Waals surface area (Å²) in [5.74, 6) is 0.232. The highest BCUT2D eigenvalue weighted by Gasteiger charge is 1.95. The molecule has 1 N–H and O–H groups in total. The Kier molecular flexibility index (Phi) is 2.64. The molecule has 0 saturated heterocycles. The molecule has 0 amide bonds. The monoisotopic (exact) mass is 162 g/mol. The van der Waals surface area contributed by atoms with Gasteiger partial charge in [-0.2, -0.15) is 0 Å². The zero-order valence-electron chi connectivity index (χ0n) is 6.66. The minimum Gasteiger partial charge on any atom is -0.508 e. The van der Waals surface area contributed by atoms with E-state index in [9.17, 15) is 4.79 Å². The Bertz CT molecular complexity index is 285. The van der Waals surface area contributed by atoms with Crippen molar-refractivity contribution in [3.05, 3.63) is 42.0 Å². The molecule has 0 atom stereocenters. The molecule has 1 rings (SSSR count). The number of aromatic hydroxyl groups is 1. The van der Waals surface area contributed by atoms with E-state index in [4.69, 9.17) is 5.11 Å². The average Bonchev–Trinajstić information content (AvgIpc) is 2.09.